The summed E-state index contributed by atoms with van der Waals surface area (Å²) in [4.78, 5) is 25.0. The van der Waals surface area contributed by atoms with Crippen LogP contribution in [0.15, 0.2) is 23.3 Å². The van der Waals surface area contributed by atoms with Crippen LogP contribution in [-0.2, 0) is 14.3 Å². The lowest BCUT2D eigenvalue weighted by molar-refractivity contribution is -0.168. The van der Waals surface area contributed by atoms with Gasteiger partial charge in [0.25, 0.3) is 0 Å². The van der Waals surface area contributed by atoms with Gasteiger partial charge in [0, 0.05) is 23.3 Å². The van der Waals surface area contributed by atoms with E-state index in [1.807, 2.05) is 13.8 Å². The highest BCUT2D eigenvalue weighted by atomic mass is 16.6. The number of ketones is 1. The highest BCUT2D eigenvalue weighted by Gasteiger charge is 2.68. The highest BCUT2D eigenvalue weighted by molar-refractivity contribution is 6.07. The molecule has 0 saturated heterocycles. The maximum Gasteiger partial charge on any atom is 0.303 e. The summed E-state index contributed by atoms with van der Waals surface area (Å²) in [5, 5.41) is 45.5. The van der Waals surface area contributed by atoms with Crippen molar-refractivity contribution in [2.75, 3.05) is 0 Å². The van der Waals surface area contributed by atoms with Gasteiger partial charge in [-0.15, -0.1) is 0 Å². The van der Waals surface area contributed by atoms with Gasteiger partial charge in [-0.25, -0.2) is 0 Å². The van der Waals surface area contributed by atoms with Gasteiger partial charge in [-0.05, 0) is 87.3 Å². The van der Waals surface area contributed by atoms with Gasteiger partial charge >= 0.3 is 5.97 Å². The zero-order valence-corrected chi connectivity index (χ0v) is 22.6. The lowest BCUT2D eigenvalue weighted by Gasteiger charge is -2.59. The molecule has 4 aliphatic carbocycles. The van der Waals surface area contributed by atoms with Crippen molar-refractivity contribution in [2.24, 2.45) is 28.6 Å². The first-order chi connectivity index (χ1) is 16.6. The van der Waals surface area contributed by atoms with Crippen molar-refractivity contribution in [3.8, 4) is 0 Å². The average molecular weight is 505 g/mol. The Balaban J connectivity index is 1.69. The van der Waals surface area contributed by atoms with E-state index in [0.717, 1.165) is 6.42 Å². The van der Waals surface area contributed by atoms with Gasteiger partial charge in [0.15, 0.2) is 5.78 Å². The molecule has 7 heteroatoms. The van der Waals surface area contributed by atoms with Gasteiger partial charge in [0.1, 0.15) is 12.2 Å². The van der Waals surface area contributed by atoms with Crippen molar-refractivity contribution in [1.29, 1.82) is 0 Å². The second-order valence-electron chi connectivity index (χ2n) is 13.0. The number of rotatable bonds is 6. The van der Waals surface area contributed by atoms with Gasteiger partial charge in [0.2, 0.25) is 0 Å². The Hall–Kier alpha value is -1.54. The first-order valence-corrected chi connectivity index (χ1v) is 13.5. The predicted molar refractivity (Wildman–Crippen MR) is 135 cm³/mol. The molecule has 0 radical (unpaired) electrons. The molecule has 36 heavy (non-hydrogen) atoms. The Morgan fingerprint density at radius 2 is 1.89 bits per heavy atom. The monoisotopic (exact) mass is 504 g/mol. The normalized spacial score (nSPS) is 42.5. The summed E-state index contributed by atoms with van der Waals surface area (Å²) >= 11 is 0. The van der Waals surface area contributed by atoms with Crippen LogP contribution in [0.1, 0.15) is 86.5 Å². The molecule has 7 nitrogen and oxygen atoms in total. The van der Waals surface area contributed by atoms with Crippen LogP contribution in [0.25, 0.3) is 0 Å². The van der Waals surface area contributed by atoms with Gasteiger partial charge in [-0.1, -0.05) is 27.7 Å². The second kappa shape index (κ2) is 9.04. The lowest BCUT2D eigenvalue weighted by Crippen LogP contribution is -2.61. The number of aliphatic hydroxyl groups is 4. The number of hydrogen-bond acceptors (Lipinski definition) is 7. The first kappa shape index (κ1) is 27.5. The van der Waals surface area contributed by atoms with E-state index in [1.165, 1.54) is 13.0 Å². The fourth-order valence-electron chi connectivity index (χ4n) is 8.18. The molecule has 0 bridgehead atoms. The fraction of sp³-hybridized carbons (Fsp3) is 0.793. The third kappa shape index (κ3) is 4.01. The van der Waals surface area contributed by atoms with Crippen molar-refractivity contribution in [3.63, 3.8) is 0 Å². The number of hydrogen-bond donors (Lipinski definition) is 4. The van der Waals surface area contributed by atoms with Crippen LogP contribution in [0.3, 0.4) is 0 Å². The lowest BCUT2D eigenvalue weighted by atomic mass is 9.47. The first-order valence-electron chi connectivity index (χ1n) is 13.5. The van der Waals surface area contributed by atoms with Crippen LogP contribution in [0.5, 0.6) is 0 Å². The van der Waals surface area contributed by atoms with E-state index in [1.54, 1.807) is 13.0 Å². The number of ether oxygens (including phenoxy) is 1. The predicted octanol–water partition coefficient (Wildman–Crippen LogP) is 3.23. The summed E-state index contributed by atoms with van der Waals surface area (Å²) in [6.07, 6.45) is 4.23. The molecular formula is C29H44O7. The second-order valence-corrected chi connectivity index (χ2v) is 13.0. The Bertz CT molecular complexity index is 980. The number of esters is 1. The molecule has 0 aromatic carbocycles. The Kier molecular flexibility index (Phi) is 6.90. The Labute approximate surface area is 214 Å². The zero-order chi connectivity index (χ0) is 26.8. The molecule has 0 heterocycles. The SMILES string of the molecule is CC(=O)O[C@H]1C[C@@]2(C)C(=C[C@@H]1O)C(=O)C=C1[C@@H]2CC[C@]2(C)[C@@H]([C@@](C)(O)[C@H](O)CCC(C)C)CC[C@@]12O. The Morgan fingerprint density at radius 3 is 2.50 bits per heavy atom. The van der Waals surface area contributed by atoms with E-state index >= 15 is 0 Å². The van der Waals surface area contributed by atoms with Crippen LogP contribution in [0, 0.1) is 28.6 Å². The molecule has 0 aromatic rings. The number of carbonyl (C=O) groups excluding carboxylic acids is 2. The van der Waals surface area contributed by atoms with Crippen molar-refractivity contribution >= 4 is 11.8 Å². The zero-order valence-electron chi connectivity index (χ0n) is 22.6. The summed E-state index contributed by atoms with van der Waals surface area (Å²) in [7, 11) is 0. The van der Waals surface area contributed by atoms with E-state index < -0.39 is 46.3 Å². The molecule has 2 fully saturated rings. The van der Waals surface area contributed by atoms with Gasteiger partial charge in [-0.3, -0.25) is 9.59 Å². The third-order valence-electron chi connectivity index (χ3n) is 10.3. The molecule has 4 N–H and O–H groups in total. The fourth-order valence-corrected chi connectivity index (χ4v) is 8.18. The smallest absolute Gasteiger partial charge is 0.303 e. The van der Waals surface area contributed by atoms with E-state index in [-0.39, 0.29) is 17.6 Å². The Morgan fingerprint density at radius 1 is 1.22 bits per heavy atom. The summed E-state index contributed by atoms with van der Waals surface area (Å²) < 4.78 is 5.40. The average Bonchev–Trinajstić information content (AvgIpc) is 3.05. The van der Waals surface area contributed by atoms with E-state index in [4.69, 9.17) is 4.74 Å². The van der Waals surface area contributed by atoms with Gasteiger partial charge in [-0.2, -0.15) is 0 Å². The van der Waals surface area contributed by atoms with Gasteiger partial charge < -0.3 is 25.2 Å². The van der Waals surface area contributed by atoms with Crippen molar-refractivity contribution in [2.45, 2.75) is 116 Å². The number of carbonyl (C=O) groups is 2. The van der Waals surface area contributed by atoms with E-state index in [9.17, 15) is 30.0 Å². The van der Waals surface area contributed by atoms with Crippen LogP contribution in [-0.4, -0.2) is 61.7 Å². The van der Waals surface area contributed by atoms with Crippen LogP contribution < -0.4 is 0 Å². The number of aliphatic hydroxyl groups excluding tert-OH is 2. The minimum atomic E-state index is -1.37. The third-order valence-corrected chi connectivity index (χ3v) is 10.3. The standard InChI is InChI=1S/C29H44O7/c1-16(2)7-8-25(33)28(6,34)24-10-12-29(35)19-13-21(31)20-14-22(32)23(36-17(3)30)15-26(20,4)18(19)9-11-27(24,29)5/h13-14,16,18,22-25,32-35H,7-12,15H2,1-6H3/t18-,22-,23-,24-,25+,26+,27+,28+,29+/m0/s1. The molecule has 0 unspecified atom stereocenters. The molecule has 0 spiro atoms. The topological polar surface area (TPSA) is 124 Å². The number of fused-ring (bicyclic) bond motifs is 5. The highest BCUT2D eigenvalue weighted by Crippen LogP contribution is 2.68. The number of allylic oxidation sites excluding steroid dienone is 2. The molecule has 4 aliphatic rings. The van der Waals surface area contributed by atoms with Crippen LogP contribution in [0.2, 0.25) is 0 Å². The quantitative estimate of drug-likeness (QED) is 0.409. The van der Waals surface area contributed by atoms with Crippen LogP contribution in [0.4, 0.5) is 0 Å². The maximum absolute atomic E-state index is 13.4. The summed E-state index contributed by atoms with van der Waals surface area (Å²) in [6, 6.07) is 0. The maximum atomic E-state index is 13.4. The molecule has 202 valence electrons. The molecular weight excluding hydrogens is 460 g/mol. The largest absolute Gasteiger partial charge is 0.459 e. The molecule has 2 saturated carbocycles. The minimum Gasteiger partial charge on any atom is -0.459 e. The minimum absolute atomic E-state index is 0.153. The molecule has 0 aromatic heterocycles. The molecule has 0 aliphatic heterocycles. The molecule has 9 atom stereocenters. The van der Waals surface area contributed by atoms with E-state index in [2.05, 4.69) is 13.8 Å². The summed E-state index contributed by atoms with van der Waals surface area (Å²) in [5.74, 6) is -0.785. The van der Waals surface area contributed by atoms with Crippen LogP contribution >= 0.6 is 0 Å². The summed E-state index contributed by atoms with van der Waals surface area (Å²) in [6.45, 7) is 11.1. The van der Waals surface area contributed by atoms with E-state index in [0.29, 0.717) is 55.6 Å². The molecule has 0 amide bonds. The van der Waals surface area contributed by atoms with Crippen molar-refractivity contribution in [3.05, 3.63) is 23.3 Å². The van der Waals surface area contributed by atoms with Crippen molar-refractivity contribution in [1.82, 2.24) is 0 Å². The van der Waals surface area contributed by atoms with Gasteiger partial charge in [0.05, 0.1) is 17.3 Å². The summed E-state index contributed by atoms with van der Waals surface area (Å²) in [5.41, 5.74) is -2.85. The molecule has 4 rings (SSSR count). The van der Waals surface area contributed by atoms with Crippen molar-refractivity contribution < 1.29 is 34.8 Å².